The first kappa shape index (κ1) is 13.8. The van der Waals surface area contributed by atoms with Gasteiger partial charge in [-0.25, -0.2) is 4.39 Å². The van der Waals surface area contributed by atoms with Crippen molar-refractivity contribution in [2.75, 3.05) is 18.0 Å². The zero-order valence-corrected chi connectivity index (χ0v) is 11.9. The molecule has 2 atom stereocenters. The van der Waals surface area contributed by atoms with Crippen LogP contribution in [0.2, 0.25) is 0 Å². The fourth-order valence-electron chi connectivity index (χ4n) is 2.78. The van der Waals surface area contributed by atoms with Crippen molar-refractivity contribution in [1.29, 1.82) is 0 Å². The van der Waals surface area contributed by atoms with Gasteiger partial charge in [-0.2, -0.15) is 4.98 Å². The highest BCUT2D eigenvalue weighted by Gasteiger charge is 2.29. The summed E-state index contributed by atoms with van der Waals surface area (Å²) < 4.78 is 19.5. The molecule has 3 rings (SSSR count). The lowest BCUT2D eigenvalue weighted by Crippen LogP contribution is -2.55. The van der Waals surface area contributed by atoms with Crippen LogP contribution in [0.5, 0.6) is 0 Å². The molecule has 1 amide bonds. The predicted octanol–water partition coefficient (Wildman–Crippen LogP) is 1.25. The van der Waals surface area contributed by atoms with Gasteiger partial charge in [0, 0.05) is 25.2 Å². The maximum Gasteiger partial charge on any atom is 0.299 e. The Morgan fingerprint density at radius 3 is 2.71 bits per heavy atom. The third-order valence-electron chi connectivity index (χ3n) is 3.80. The Labute approximate surface area is 121 Å². The molecule has 3 N–H and O–H groups in total. The molecule has 112 valence electrons. The summed E-state index contributed by atoms with van der Waals surface area (Å²) in [6.07, 6.45) is 0. The van der Waals surface area contributed by atoms with Crippen molar-refractivity contribution >= 4 is 23.0 Å². The largest absolute Gasteiger partial charge is 0.420 e. The van der Waals surface area contributed by atoms with E-state index in [9.17, 15) is 9.18 Å². The first-order valence-electron chi connectivity index (χ1n) is 6.87. The summed E-state index contributed by atoms with van der Waals surface area (Å²) in [5.74, 6) is -1.20. The number of benzene rings is 1. The maximum absolute atomic E-state index is 13.9. The summed E-state index contributed by atoms with van der Waals surface area (Å²) >= 11 is 0. The van der Waals surface area contributed by atoms with Gasteiger partial charge >= 0.3 is 0 Å². The standard InChI is InChI=1S/C14H17FN4O2/c1-7-5-17-6-8(2)19(7)14-18-11-9(13(16)20)3-4-10(15)12(11)21-14/h3-4,7-8,17H,5-6H2,1-2H3,(H2,16,20)/t7-,8-/m0/s1. The van der Waals surface area contributed by atoms with E-state index in [1.165, 1.54) is 12.1 Å². The lowest BCUT2D eigenvalue weighted by molar-refractivity contribution is 0.100. The highest BCUT2D eigenvalue weighted by Crippen LogP contribution is 2.29. The first-order chi connectivity index (χ1) is 9.99. The molecule has 2 heterocycles. The molecule has 1 fully saturated rings. The van der Waals surface area contributed by atoms with E-state index in [1.54, 1.807) is 0 Å². The van der Waals surface area contributed by atoms with Gasteiger partial charge in [-0.15, -0.1) is 0 Å². The molecule has 0 bridgehead atoms. The number of aromatic nitrogens is 1. The van der Waals surface area contributed by atoms with Crippen LogP contribution in [-0.2, 0) is 0 Å². The molecule has 1 saturated heterocycles. The van der Waals surface area contributed by atoms with Gasteiger partial charge in [0.15, 0.2) is 11.4 Å². The third kappa shape index (κ3) is 2.23. The number of hydrogen-bond donors (Lipinski definition) is 2. The van der Waals surface area contributed by atoms with Crippen LogP contribution in [0.15, 0.2) is 16.5 Å². The molecular formula is C14H17FN4O2. The number of fused-ring (bicyclic) bond motifs is 1. The highest BCUT2D eigenvalue weighted by atomic mass is 19.1. The SMILES string of the molecule is C[C@H]1CNC[C@H](C)N1c1nc2c(C(N)=O)ccc(F)c2o1. The Morgan fingerprint density at radius 2 is 2.10 bits per heavy atom. The van der Waals surface area contributed by atoms with E-state index in [-0.39, 0.29) is 28.7 Å². The Hall–Kier alpha value is -2.15. The Kier molecular flexibility index (Phi) is 3.29. The fourth-order valence-corrected chi connectivity index (χ4v) is 2.78. The van der Waals surface area contributed by atoms with Gasteiger partial charge < -0.3 is 20.4 Å². The molecule has 6 nitrogen and oxygen atoms in total. The van der Waals surface area contributed by atoms with Gasteiger partial charge in [0.1, 0.15) is 5.52 Å². The zero-order valence-electron chi connectivity index (χ0n) is 11.9. The minimum absolute atomic E-state index is 0.0285. The summed E-state index contributed by atoms with van der Waals surface area (Å²) in [5, 5.41) is 3.30. The quantitative estimate of drug-likeness (QED) is 0.870. The summed E-state index contributed by atoms with van der Waals surface area (Å²) in [6.45, 7) is 5.63. The van der Waals surface area contributed by atoms with Gasteiger partial charge in [-0.05, 0) is 26.0 Å². The van der Waals surface area contributed by atoms with E-state index in [1.807, 2.05) is 18.7 Å². The van der Waals surface area contributed by atoms with Crippen molar-refractivity contribution in [1.82, 2.24) is 10.3 Å². The average molecular weight is 292 g/mol. The normalized spacial score (nSPS) is 22.7. The number of hydrogen-bond acceptors (Lipinski definition) is 5. The summed E-state index contributed by atoms with van der Waals surface area (Å²) in [6, 6.07) is 3.13. The van der Waals surface area contributed by atoms with Gasteiger partial charge in [-0.1, -0.05) is 0 Å². The van der Waals surface area contributed by atoms with E-state index in [2.05, 4.69) is 10.3 Å². The van der Waals surface area contributed by atoms with Crippen LogP contribution >= 0.6 is 0 Å². The van der Waals surface area contributed by atoms with E-state index < -0.39 is 11.7 Å². The van der Waals surface area contributed by atoms with E-state index in [0.29, 0.717) is 6.01 Å². The molecule has 1 aliphatic heterocycles. The molecule has 0 radical (unpaired) electrons. The molecule has 0 saturated carbocycles. The summed E-state index contributed by atoms with van der Waals surface area (Å²) in [5.41, 5.74) is 5.62. The second-order valence-corrected chi connectivity index (χ2v) is 5.40. The molecule has 0 aliphatic carbocycles. The topological polar surface area (TPSA) is 84.4 Å². The van der Waals surface area contributed by atoms with Crippen LogP contribution in [0.4, 0.5) is 10.4 Å². The number of nitrogens with zero attached hydrogens (tertiary/aromatic N) is 2. The number of carbonyl (C=O) groups excluding carboxylic acids is 1. The number of carbonyl (C=O) groups is 1. The van der Waals surface area contributed by atoms with Crippen molar-refractivity contribution in [3.05, 3.63) is 23.5 Å². The lowest BCUT2D eigenvalue weighted by atomic mass is 10.1. The van der Waals surface area contributed by atoms with Crippen molar-refractivity contribution in [2.24, 2.45) is 5.73 Å². The number of piperazine rings is 1. The molecular weight excluding hydrogens is 275 g/mol. The molecule has 1 aliphatic rings. The van der Waals surface area contributed by atoms with E-state index in [4.69, 9.17) is 10.2 Å². The van der Waals surface area contributed by atoms with Crippen molar-refractivity contribution in [2.45, 2.75) is 25.9 Å². The molecule has 0 unspecified atom stereocenters. The molecule has 1 aromatic heterocycles. The van der Waals surface area contributed by atoms with Crippen LogP contribution in [0.1, 0.15) is 24.2 Å². The number of nitrogens with one attached hydrogen (secondary N) is 1. The number of primary amides is 1. The molecule has 1 aromatic carbocycles. The summed E-state index contributed by atoms with van der Waals surface area (Å²) in [4.78, 5) is 17.7. The number of amides is 1. The van der Waals surface area contributed by atoms with Gasteiger partial charge in [0.05, 0.1) is 5.56 Å². The van der Waals surface area contributed by atoms with Crippen molar-refractivity contribution < 1.29 is 13.6 Å². The minimum Gasteiger partial charge on any atom is -0.420 e. The Bertz CT molecular complexity index is 690. The fraction of sp³-hybridized carbons (Fsp3) is 0.429. The number of nitrogens with two attached hydrogens (primary N) is 1. The maximum atomic E-state index is 13.9. The number of rotatable bonds is 2. The van der Waals surface area contributed by atoms with Crippen molar-refractivity contribution in [3.8, 4) is 0 Å². The zero-order chi connectivity index (χ0) is 15.1. The van der Waals surface area contributed by atoms with E-state index >= 15 is 0 Å². The molecule has 21 heavy (non-hydrogen) atoms. The van der Waals surface area contributed by atoms with E-state index in [0.717, 1.165) is 13.1 Å². The van der Waals surface area contributed by atoms with Gasteiger partial charge in [0.2, 0.25) is 0 Å². The first-order valence-corrected chi connectivity index (χ1v) is 6.87. The minimum atomic E-state index is -0.652. The van der Waals surface area contributed by atoms with Crippen LogP contribution in [0, 0.1) is 5.82 Å². The molecule has 0 spiro atoms. The Morgan fingerprint density at radius 1 is 1.43 bits per heavy atom. The predicted molar refractivity (Wildman–Crippen MR) is 76.8 cm³/mol. The Balaban J connectivity index is 2.14. The van der Waals surface area contributed by atoms with Crippen LogP contribution < -0.4 is 16.0 Å². The second kappa shape index (κ2) is 5.00. The number of halogens is 1. The average Bonchev–Trinajstić information content (AvgIpc) is 2.84. The van der Waals surface area contributed by atoms with Gasteiger partial charge in [0.25, 0.3) is 11.9 Å². The third-order valence-corrected chi connectivity index (χ3v) is 3.80. The second-order valence-electron chi connectivity index (χ2n) is 5.40. The number of oxazole rings is 1. The van der Waals surface area contributed by atoms with Gasteiger partial charge in [-0.3, -0.25) is 4.79 Å². The van der Waals surface area contributed by atoms with Crippen molar-refractivity contribution in [3.63, 3.8) is 0 Å². The summed E-state index contributed by atoms with van der Waals surface area (Å²) in [7, 11) is 0. The van der Waals surface area contributed by atoms with Crippen LogP contribution in [0.25, 0.3) is 11.1 Å². The lowest BCUT2D eigenvalue weighted by Gasteiger charge is -2.38. The molecule has 7 heteroatoms. The van der Waals surface area contributed by atoms with Crippen LogP contribution in [0.3, 0.4) is 0 Å². The van der Waals surface area contributed by atoms with Crippen LogP contribution in [-0.4, -0.2) is 36.1 Å². The smallest absolute Gasteiger partial charge is 0.299 e. The molecule has 2 aromatic rings. The number of anilines is 1. The monoisotopic (exact) mass is 292 g/mol. The highest BCUT2D eigenvalue weighted by molar-refractivity contribution is 6.04.